The van der Waals surface area contributed by atoms with Crippen molar-refractivity contribution in [3.05, 3.63) is 106 Å². The van der Waals surface area contributed by atoms with Crippen LogP contribution >= 0.6 is 0 Å². The fourth-order valence-electron chi connectivity index (χ4n) is 12.1. The number of carbonyl (C=O) groups excluding carboxylic acids is 1. The van der Waals surface area contributed by atoms with E-state index >= 15 is 0 Å². The first kappa shape index (κ1) is 43.8. The lowest BCUT2D eigenvalue weighted by molar-refractivity contribution is -0.384. The van der Waals surface area contributed by atoms with Gasteiger partial charge >= 0.3 is 0 Å². The number of hydrogen-bond acceptors (Lipinski definition) is 13. The summed E-state index contributed by atoms with van der Waals surface area (Å²) >= 11 is 0. The van der Waals surface area contributed by atoms with Crippen LogP contribution in [0.2, 0.25) is 0 Å². The monoisotopic (exact) mass is 930 g/mol. The second-order valence-electron chi connectivity index (χ2n) is 19.7. The maximum atomic E-state index is 14.6. The van der Waals surface area contributed by atoms with E-state index in [0.717, 1.165) is 55.9 Å². The van der Waals surface area contributed by atoms with E-state index in [1.54, 1.807) is 6.07 Å². The van der Waals surface area contributed by atoms with E-state index in [-0.39, 0.29) is 34.7 Å². The van der Waals surface area contributed by atoms with Gasteiger partial charge in [-0.25, -0.2) is 13.1 Å². The molecule has 1 spiro atoms. The Morgan fingerprint density at radius 2 is 1.81 bits per heavy atom. The zero-order valence-electron chi connectivity index (χ0n) is 38.0. The molecule has 352 valence electrons. The fraction of sp³-hybridized carbons (Fsp3) is 0.480. The molecule has 17 heteroatoms. The number of nitrogens with one attached hydrogen (secondary N) is 3. The average Bonchev–Trinajstić information content (AvgIpc) is 4.10. The fourth-order valence-corrected chi connectivity index (χ4v) is 13.1. The molecule has 1 amide bonds. The summed E-state index contributed by atoms with van der Waals surface area (Å²) < 4.78 is 48.3. The Balaban J connectivity index is 0.884. The van der Waals surface area contributed by atoms with Crippen LogP contribution in [0.3, 0.4) is 0 Å². The number of piperidine rings is 1. The standard InChI is InChI=1S/C50H58N8O8S/c1-31-6-3-4-7-38(31)41-8-5-18-56(41)36-26-50(27-36)16-19-55(32(2)25-50)35-9-11-39(42(23-35)57-44-22-34-13-17-51-47(34)53-49(44)66-46-30-65-29-45(46)57)48(59)54-67(62,63)37-10-12-40(43(24-37)58(60)61)52-28-33-14-20-64-21-15-33/h3-4,6-7,9-13,17,22-24,32-33,36,41,45-46,52H,5,8,14-16,18-21,25-30H2,1-2H3,(H,51,53)(H,54,59)/t32-,36?,41+,45-,46-,50?/m1/s1. The number of nitrogens with zero attached hydrogens (tertiary/aromatic N) is 5. The van der Waals surface area contributed by atoms with E-state index in [1.807, 2.05) is 35.4 Å². The lowest BCUT2D eigenvalue weighted by Crippen LogP contribution is -2.57. The third kappa shape index (κ3) is 8.16. The van der Waals surface area contributed by atoms with Crippen molar-refractivity contribution in [3.63, 3.8) is 0 Å². The number of pyridine rings is 1. The Bertz CT molecular complexity index is 2820. The molecule has 11 rings (SSSR count). The van der Waals surface area contributed by atoms with Crippen molar-refractivity contribution in [2.24, 2.45) is 11.3 Å². The quantitative estimate of drug-likeness (QED) is 0.0856. The molecule has 1 aliphatic carbocycles. The molecule has 4 atom stereocenters. The first-order valence-electron chi connectivity index (χ1n) is 23.8. The molecular weight excluding hydrogens is 873 g/mol. The number of benzene rings is 3. The number of likely N-dealkylation sites (tertiary alicyclic amines) is 1. The Morgan fingerprint density at radius 1 is 0.970 bits per heavy atom. The minimum Gasteiger partial charge on any atom is -0.468 e. The van der Waals surface area contributed by atoms with Crippen LogP contribution in [-0.2, 0) is 19.5 Å². The van der Waals surface area contributed by atoms with Gasteiger partial charge in [-0.05, 0) is 137 Å². The van der Waals surface area contributed by atoms with Crippen LogP contribution in [0.4, 0.5) is 28.4 Å². The van der Waals surface area contributed by atoms with Crippen molar-refractivity contribution in [1.82, 2.24) is 19.6 Å². The number of aromatic nitrogens is 2. The van der Waals surface area contributed by atoms with E-state index < -0.39 is 37.5 Å². The highest BCUT2D eigenvalue weighted by atomic mass is 32.2. The van der Waals surface area contributed by atoms with Crippen molar-refractivity contribution in [1.29, 1.82) is 0 Å². The number of amides is 1. The van der Waals surface area contributed by atoms with Crippen molar-refractivity contribution < 1.29 is 32.3 Å². The number of hydrogen-bond donors (Lipinski definition) is 3. The van der Waals surface area contributed by atoms with Crippen LogP contribution in [0.5, 0.6) is 5.88 Å². The Morgan fingerprint density at radius 3 is 2.61 bits per heavy atom. The molecular formula is C50H58N8O8S. The molecule has 1 saturated carbocycles. The maximum absolute atomic E-state index is 14.6. The zero-order valence-corrected chi connectivity index (χ0v) is 38.8. The van der Waals surface area contributed by atoms with E-state index in [0.29, 0.717) is 68.0 Å². The zero-order chi connectivity index (χ0) is 46.0. The number of fused-ring (bicyclic) bond motifs is 3. The number of ether oxygens (including phenoxy) is 3. The highest BCUT2D eigenvalue weighted by Gasteiger charge is 2.52. The van der Waals surface area contributed by atoms with E-state index in [2.05, 4.69) is 62.9 Å². The summed E-state index contributed by atoms with van der Waals surface area (Å²) in [6, 6.07) is 22.9. The lowest BCUT2D eigenvalue weighted by Gasteiger charge is -2.57. The van der Waals surface area contributed by atoms with Crippen LogP contribution in [-0.4, -0.2) is 104 Å². The number of nitro groups is 1. The van der Waals surface area contributed by atoms with Gasteiger partial charge in [0, 0.05) is 67.8 Å². The third-order valence-corrected chi connectivity index (χ3v) is 16.9. The molecule has 0 radical (unpaired) electrons. The summed E-state index contributed by atoms with van der Waals surface area (Å²) in [5.74, 6) is -0.226. The highest BCUT2D eigenvalue weighted by Crippen LogP contribution is 2.56. The smallest absolute Gasteiger partial charge is 0.293 e. The second-order valence-corrected chi connectivity index (χ2v) is 21.4. The number of carbonyl (C=O) groups is 1. The van der Waals surface area contributed by atoms with E-state index in [1.165, 1.54) is 48.9 Å². The predicted octanol–water partition coefficient (Wildman–Crippen LogP) is 8.01. The molecule has 67 heavy (non-hydrogen) atoms. The molecule has 0 unspecified atom stereocenters. The molecule has 3 N–H and O–H groups in total. The van der Waals surface area contributed by atoms with E-state index in [4.69, 9.17) is 19.2 Å². The largest absolute Gasteiger partial charge is 0.468 e. The van der Waals surface area contributed by atoms with Crippen LogP contribution in [0.1, 0.15) is 85.8 Å². The molecule has 7 heterocycles. The van der Waals surface area contributed by atoms with Gasteiger partial charge in [0.25, 0.3) is 21.6 Å². The number of nitro benzene ring substituents is 1. The van der Waals surface area contributed by atoms with Crippen molar-refractivity contribution in [2.45, 2.75) is 100 Å². The van der Waals surface area contributed by atoms with Crippen LogP contribution in [0, 0.1) is 28.4 Å². The molecule has 5 aliphatic heterocycles. The summed E-state index contributed by atoms with van der Waals surface area (Å²) in [7, 11) is -4.59. The Hall–Kier alpha value is -5.75. The summed E-state index contributed by atoms with van der Waals surface area (Å²) in [4.78, 5) is 41.1. The second kappa shape index (κ2) is 17.4. The predicted molar refractivity (Wildman–Crippen MR) is 255 cm³/mol. The van der Waals surface area contributed by atoms with Gasteiger partial charge in [0.1, 0.15) is 23.1 Å². The summed E-state index contributed by atoms with van der Waals surface area (Å²) in [5.41, 5.74) is 5.72. The van der Waals surface area contributed by atoms with Gasteiger partial charge in [0.2, 0.25) is 5.88 Å². The number of H-pyrrole nitrogens is 1. The highest BCUT2D eigenvalue weighted by molar-refractivity contribution is 7.90. The molecule has 4 saturated heterocycles. The van der Waals surface area contributed by atoms with E-state index in [9.17, 15) is 23.3 Å². The normalized spacial score (nSPS) is 26.5. The SMILES string of the molecule is Cc1ccccc1[C@@H]1CCCN1C1CC2(CCN(c3ccc(C(=O)NS(=O)(=O)c4ccc(NCC5CCOCC5)c([N+](=O)[O-])c4)c(N4c5cc6cc[nH]c6nc5O[C@@H]5COC[C@H]54)c3)[C@H](C)C2)C1. The number of anilines is 4. The van der Waals surface area contributed by atoms with Gasteiger partial charge in [0.15, 0.2) is 0 Å². The molecule has 6 aliphatic rings. The van der Waals surface area contributed by atoms with Crippen LogP contribution in [0.15, 0.2) is 83.9 Å². The summed E-state index contributed by atoms with van der Waals surface area (Å²) in [6.07, 6.45) is 9.98. The summed E-state index contributed by atoms with van der Waals surface area (Å²) in [5, 5.41) is 16.3. The molecule has 0 bridgehead atoms. The number of aromatic amines is 1. The van der Waals surface area contributed by atoms with Gasteiger partial charge in [0.05, 0.1) is 40.3 Å². The first-order chi connectivity index (χ1) is 32.4. The van der Waals surface area contributed by atoms with Gasteiger partial charge in [-0.15, -0.1) is 0 Å². The van der Waals surface area contributed by atoms with Gasteiger partial charge in [-0.1, -0.05) is 24.3 Å². The third-order valence-electron chi connectivity index (χ3n) is 15.6. The Labute approximate surface area is 390 Å². The molecule has 5 aromatic rings. The maximum Gasteiger partial charge on any atom is 0.293 e. The molecule has 3 aromatic carbocycles. The van der Waals surface area contributed by atoms with Gasteiger partial charge < -0.3 is 34.3 Å². The molecule has 2 aromatic heterocycles. The summed E-state index contributed by atoms with van der Waals surface area (Å²) in [6.45, 7) is 8.88. The minimum atomic E-state index is -4.59. The minimum absolute atomic E-state index is 0.112. The number of rotatable bonds is 11. The van der Waals surface area contributed by atoms with Crippen molar-refractivity contribution >= 4 is 55.4 Å². The van der Waals surface area contributed by atoms with Crippen molar-refractivity contribution in [2.75, 3.05) is 61.2 Å². The van der Waals surface area contributed by atoms with Crippen LogP contribution in [0.25, 0.3) is 11.0 Å². The number of aryl methyl sites for hydroxylation is 1. The van der Waals surface area contributed by atoms with Crippen LogP contribution < -0.4 is 24.6 Å². The lowest BCUT2D eigenvalue weighted by atomic mass is 9.58. The van der Waals surface area contributed by atoms with Gasteiger partial charge in [-0.3, -0.25) is 19.8 Å². The first-order valence-corrected chi connectivity index (χ1v) is 25.3. The molecule has 16 nitrogen and oxygen atoms in total. The van der Waals surface area contributed by atoms with Crippen molar-refractivity contribution in [3.8, 4) is 5.88 Å². The molecule has 5 fully saturated rings. The topological polar surface area (TPSA) is 184 Å². The average molecular weight is 931 g/mol. The number of sulfonamides is 1. The van der Waals surface area contributed by atoms with Gasteiger partial charge in [-0.2, -0.15) is 4.98 Å². The Kier molecular flexibility index (Phi) is 11.4.